The summed E-state index contributed by atoms with van der Waals surface area (Å²) in [5.41, 5.74) is -0.0700. The molecule has 1 aromatic carbocycles. The number of nitrogens with zero attached hydrogens (tertiary/aromatic N) is 1. The fourth-order valence-corrected chi connectivity index (χ4v) is 1.20. The van der Waals surface area contributed by atoms with Crippen molar-refractivity contribution < 1.29 is 9.31 Å². The van der Waals surface area contributed by atoms with Crippen LogP contribution in [-0.2, 0) is 6.54 Å². The number of benzene rings is 1. The lowest BCUT2D eigenvalue weighted by Gasteiger charge is -2.08. The molecule has 1 rings (SSSR count). The van der Waals surface area contributed by atoms with Crippen LogP contribution in [0.2, 0.25) is 0 Å². The Bertz CT molecular complexity index is 366. The van der Waals surface area contributed by atoms with Crippen molar-refractivity contribution >= 4 is 5.69 Å². The SMILES string of the molecule is CC(C)NCc1c(F)cccc1[N+](=O)[O-]. The molecule has 0 saturated heterocycles. The van der Waals surface area contributed by atoms with Crippen LogP contribution in [0.1, 0.15) is 19.4 Å². The van der Waals surface area contributed by atoms with Crippen molar-refractivity contribution in [2.24, 2.45) is 0 Å². The molecule has 1 aromatic rings. The molecule has 5 heteroatoms. The van der Waals surface area contributed by atoms with Crippen molar-refractivity contribution in [2.45, 2.75) is 26.4 Å². The Morgan fingerprint density at radius 1 is 1.53 bits per heavy atom. The van der Waals surface area contributed by atoms with Gasteiger partial charge in [0.1, 0.15) is 5.82 Å². The number of nitro groups is 1. The van der Waals surface area contributed by atoms with Crippen LogP contribution in [-0.4, -0.2) is 11.0 Å². The topological polar surface area (TPSA) is 55.2 Å². The minimum absolute atomic E-state index is 0.108. The fraction of sp³-hybridized carbons (Fsp3) is 0.400. The second-order valence-corrected chi connectivity index (χ2v) is 3.53. The second kappa shape index (κ2) is 4.84. The van der Waals surface area contributed by atoms with Gasteiger partial charge in [-0.15, -0.1) is 0 Å². The smallest absolute Gasteiger partial charge is 0.276 e. The van der Waals surface area contributed by atoms with Gasteiger partial charge in [-0.25, -0.2) is 4.39 Å². The average molecular weight is 212 g/mol. The first-order valence-corrected chi connectivity index (χ1v) is 4.67. The summed E-state index contributed by atoms with van der Waals surface area (Å²) >= 11 is 0. The number of hydrogen-bond donors (Lipinski definition) is 1. The van der Waals surface area contributed by atoms with Crippen LogP contribution in [0, 0.1) is 15.9 Å². The average Bonchev–Trinajstić information content (AvgIpc) is 2.15. The minimum atomic E-state index is -0.569. The summed E-state index contributed by atoms with van der Waals surface area (Å²) in [5.74, 6) is -0.544. The highest BCUT2D eigenvalue weighted by Crippen LogP contribution is 2.20. The molecule has 0 radical (unpaired) electrons. The quantitative estimate of drug-likeness (QED) is 0.615. The Hall–Kier alpha value is -1.49. The van der Waals surface area contributed by atoms with Crippen molar-refractivity contribution in [1.29, 1.82) is 0 Å². The minimum Gasteiger partial charge on any atom is -0.310 e. The first-order chi connectivity index (χ1) is 7.02. The summed E-state index contributed by atoms with van der Waals surface area (Å²) in [6, 6.07) is 4.03. The van der Waals surface area contributed by atoms with E-state index in [1.807, 2.05) is 13.8 Å². The van der Waals surface area contributed by atoms with Crippen LogP contribution < -0.4 is 5.32 Å². The maximum Gasteiger partial charge on any atom is 0.276 e. The van der Waals surface area contributed by atoms with Gasteiger partial charge in [0.2, 0.25) is 0 Å². The summed E-state index contributed by atoms with van der Waals surface area (Å²) in [6.45, 7) is 3.96. The Morgan fingerprint density at radius 3 is 2.73 bits per heavy atom. The van der Waals surface area contributed by atoms with Gasteiger partial charge in [0.15, 0.2) is 0 Å². The van der Waals surface area contributed by atoms with E-state index in [0.29, 0.717) is 0 Å². The largest absolute Gasteiger partial charge is 0.310 e. The highest BCUT2D eigenvalue weighted by molar-refractivity contribution is 5.40. The molecule has 0 bridgehead atoms. The molecule has 0 atom stereocenters. The van der Waals surface area contributed by atoms with Crippen LogP contribution in [0.25, 0.3) is 0 Å². The number of nitro benzene ring substituents is 1. The molecule has 0 unspecified atom stereocenters. The Morgan fingerprint density at radius 2 is 2.20 bits per heavy atom. The van der Waals surface area contributed by atoms with Gasteiger partial charge < -0.3 is 5.32 Å². The third-order valence-electron chi connectivity index (χ3n) is 1.98. The molecule has 0 heterocycles. The predicted octanol–water partition coefficient (Wildman–Crippen LogP) is 2.23. The third kappa shape index (κ3) is 2.99. The molecule has 0 aliphatic carbocycles. The molecule has 0 spiro atoms. The van der Waals surface area contributed by atoms with Gasteiger partial charge in [-0.2, -0.15) is 0 Å². The lowest BCUT2D eigenvalue weighted by molar-refractivity contribution is -0.385. The summed E-state index contributed by atoms with van der Waals surface area (Å²) in [5, 5.41) is 13.6. The normalized spacial score (nSPS) is 10.7. The Balaban J connectivity index is 2.97. The molecule has 0 saturated carbocycles. The number of halogens is 1. The molecule has 0 amide bonds. The van der Waals surface area contributed by atoms with Gasteiger partial charge >= 0.3 is 0 Å². The van der Waals surface area contributed by atoms with E-state index in [9.17, 15) is 14.5 Å². The van der Waals surface area contributed by atoms with Gasteiger partial charge in [0.05, 0.1) is 10.5 Å². The molecular weight excluding hydrogens is 199 g/mol. The summed E-state index contributed by atoms with van der Waals surface area (Å²) in [4.78, 5) is 10.1. The Labute approximate surface area is 87.3 Å². The molecule has 82 valence electrons. The van der Waals surface area contributed by atoms with Gasteiger partial charge in [-0.05, 0) is 6.07 Å². The van der Waals surface area contributed by atoms with Crippen LogP contribution in [0.3, 0.4) is 0 Å². The molecule has 1 N–H and O–H groups in total. The zero-order valence-electron chi connectivity index (χ0n) is 8.66. The standard InChI is InChI=1S/C10H13FN2O2/c1-7(2)12-6-8-9(11)4-3-5-10(8)13(14)15/h3-5,7,12H,6H2,1-2H3. The molecule has 0 aliphatic heterocycles. The van der Waals surface area contributed by atoms with Crippen LogP contribution in [0.5, 0.6) is 0 Å². The van der Waals surface area contributed by atoms with Crippen LogP contribution >= 0.6 is 0 Å². The van der Waals surface area contributed by atoms with E-state index in [0.717, 1.165) is 0 Å². The zero-order valence-corrected chi connectivity index (χ0v) is 8.66. The molecular formula is C10H13FN2O2. The molecule has 0 aromatic heterocycles. The van der Waals surface area contributed by atoms with E-state index in [1.54, 1.807) is 0 Å². The van der Waals surface area contributed by atoms with Crippen molar-refractivity contribution in [3.63, 3.8) is 0 Å². The summed E-state index contributed by atoms with van der Waals surface area (Å²) < 4.78 is 13.3. The molecule has 0 fully saturated rings. The predicted molar refractivity (Wildman–Crippen MR) is 55.0 cm³/mol. The van der Waals surface area contributed by atoms with E-state index >= 15 is 0 Å². The number of nitrogens with one attached hydrogen (secondary N) is 1. The highest BCUT2D eigenvalue weighted by Gasteiger charge is 2.17. The maximum atomic E-state index is 13.3. The van der Waals surface area contributed by atoms with Crippen LogP contribution in [0.4, 0.5) is 10.1 Å². The maximum absolute atomic E-state index is 13.3. The van der Waals surface area contributed by atoms with E-state index in [1.165, 1.54) is 18.2 Å². The zero-order chi connectivity index (χ0) is 11.4. The van der Waals surface area contributed by atoms with E-state index in [-0.39, 0.29) is 23.8 Å². The van der Waals surface area contributed by atoms with E-state index in [4.69, 9.17) is 0 Å². The summed E-state index contributed by atoms with van der Waals surface area (Å²) in [7, 11) is 0. The van der Waals surface area contributed by atoms with Crippen molar-refractivity contribution in [1.82, 2.24) is 5.32 Å². The Kier molecular flexibility index (Phi) is 3.74. The van der Waals surface area contributed by atoms with Gasteiger partial charge in [0.25, 0.3) is 5.69 Å². The fourth-order valence-electron chi connectivity index (χ4n) is 1.20. The number of rotatable bonds is 4. The van der Waals surface area contributed by atoms with Gasteiger partial charge in [-0.1, -0.05) is 19.9 Å². The monoisotopic (exact) mass is 212 g/mol. The highest BCUT2D eigenvalue weighted by atomic mass is 19.1. The van der Waals surface area contributed by atoms with Crippen molar-refractivity contribution in [3.05, 3.63) is 39.7 Å². The third-order valence-corrected chi connectivity index (χ3v) is 1.98. The van der Waals surface area contributed by atoms with E-state index < -0.39 is 10.7 Å². The first-order valence-electron chi connectivity index (χ1n) is 4.67. The van der Waals surface area contributed by atoms with E-state index in [2.05, 4.69) is 5.32 Å². The summed E-state index contributed by atoms with van der Waals surface area (Å²) in [6.07, 6.45) is 0. The van der Waals surface area contributed by atoms with Gasteiger partial charge in [-0.3, -0.25) is 10.1 Å². The molecule has 4 nitrogen and oxygen atoms in total. The second-order valence-electron chi connectivity index (χ2n) is 3.53. The lowest BCUT2D eigenvalue weighted by atomic mass is 10.1. The lowest BCUT2D eigenvalue weighted by Crippen LogP contribution is -2.23. The molecule has 15 heavy (non-hydrogen) atoms. The van der Waals surface area contributed by atoms with Crippen LogP contribution in [0.15, 0.2) is 18.2 Å². The van der Waals surface area contributed by atoms with Crippen molar-refractivity contribution in [3.8, 4) is 0 Å². The van der Waals surface area contributed by atoms with Gasteiger partial charge in [0, 0.05) is 18.7 Å². The molecule has 0 aliphatic rings. The van der Waals surface area contributed by atoms with Crippen molar-refractivity contribution in [2.75, 3.05) is 0 Å². The number of hydrogen-bond acceptors (Lipinski definition) is 3. The first kappa shape index (κ1) is 11.6.